The van der Waals surface area contributed by atoms with Crippen LogP contribution in [0.3, 0.4) is 0 Å². The molecule has 0 bridgehead atoms. The van der Waals surface area contributed by atoms with Gasteiger partial charge in [-0.15, -0.1) is 11.6 Å². The molecular formula is C12H15ClN2O3. The third-order valence-corrected chi connectivity index (χ3v) is 3.16. The van der Waals surface area contributed by atoms with Gasteiger partial charge in [0, 0.05) is 25.4 Å². The summed E-state index contributed by atoms with van der Waals surface area (Å²) >= 11 is 5.77. The molecule has 1 aliphatic rings. The Balaban J connectivity index is 2.12. The summed E-state index contributed by atoms with van der Waals surface area (Å²) in [5, 5.41) is 0. The molecule has 1 aromatic heterocycles. The number of aromatic amines is 1. The van der Waals surface area contributed by atoms with E-state index in [1.807, 2.05) is 6.92 Å². The molecule has 0 aromatic carbocycles. The molecule has 1 aromatic rings. The average molecular weight is 271 g/mol. The number of rotatable bonds is 2. The molecular weight excluding hydrogens is 256 g/mol. The number of hydrogen-bond donors (Lipinski definition) is 1. The molecule has 1 aliphatic heterocycles. The number of carbonyl (C=O) groups is 1. The third-order valence-electron chi connectivity index (χ3n) is 2.82. The van der Waals surface area contributed by atoms with E-state index < -0.39 is 0 Å². The first-order valence-corrected chi connectivity index (χ1v) is 6.33. The number of aromatic nitrogens is 1. The van der Waals surface area contributed by atoms with E-state index in [4.69, 9.17) is 16.3 Å². The molecule has 1 N–H and O–H groups in total. The van der Waals surface area contributed by atoms with Crippen molar-refractivity contribution >= 4 is 17.5 Å². The van der Waals surface area contributed by atoms with Gasteiger partial charge in [-0.1, -0.05) is 0 Å². The predicted octanol–water partition coefficient (Wildman–Crippen LogP) is 0.843. The van der Waals surface area contributed by atoms with Crippen molar-refractivity contribution in [1.82, 2.24) is 9.88 Å². The summed E-state index contributed by atoms with van der Waals surface area (Å²) in [6, 6.07) is 2.87. The maximum absolute atomic E-state index is 12.2. The number of halogens is 1. The molecule has 2 unspecified atom stereocenters. The first-order valence-electron chi connectivity index (χ1n) is 5.79. The number of pyridine rings is 1. The smallest absolute Gasteiger partial charge is 0.255 e. The van der Waals surface area contributed by atoms with E-state index >= 15 is 0 Å². The first-order chi connectivity index (χ1) is 8.60. The number of alkyl halides is 1. The molecule has 1 amide bonds. The van der Waals surface area contributed by atoms with Crippen LogP contribution in [0.2, 0.25) is 0 Å². The maximum atomic E-state index is 12.2. The molecule has 6 heteroatoms. The zero-order chi connectivity index (χ0) is 13.1. The van der Waals surface area contributed by atoms with Crippen molar-refractivity contribution in [2.75, 3.05) is 19.0 Å². The van der Waals surface area contributed by atoms with Gasteiger partial charge in [0.1, 0.15) is 0 Å². The molecule has 18 heavy (non-hydrogen) atoms. The maximum Gasteiger partial charge on any atom is 0.255 e. The van der Waals surface area contributed by atoms with Crippen LogP contribution in [-0.2, 0) is 4.74 Å². The van der Waals surface area contributed by atoms with E-state index in [-0.39, 0.29) is 23.7 Å². The van der Waals surface area contributed by atoms with Crippen LogP contribution in [0.4, 0.5) is 0 Å². The minimum Gasteiger partial charge on any atom is -0.370 e. The first kappa shape index (κ1) is 13.1. The summed E-state index contributed by atoms with van der Waals surface area (Å²) in [7, 11) is 0. The number of amides is 1. The second-order valence-electron chi connectivity index (χ2n) is 4.37. The lowest BCUT2D eigenvalue weighted by atomic mass is 10.2. The van der Waals surface area contributed by atoms with Gasteiger partial charge in [-0.05, 0) is 13.0 Å². The van der Waals surface area contributed by atoms with Gasteiger partial charge in [0.25, 0.3) is 5.91 Å². The van der Waals surface area contributed by atoms with Crippen molar-refractivity contribution < 1.29 is 9.53 Å². The minimum absolute atomic E-state index is 0.0331. The number of carbonyl (C=O) groups excluding carboxylic acids is 1. The summed E-state index contributed by atoms with van der Waals surface area (Å²) in [5.41, 5.74) is 0.248. The van der Waals surface area contributed by atoms with Gasteiger partial charge in [0.05, 0.1) is 23.7 Å². The Morgan fingerprint density at radius 2 is 2.33 bits per heavy atom. The molecule has 0 radical (unpaired) electrons. The highest BCUT2D eigenvalue weighted by atomic mass is 35.5. The van der Waals surface area contributed by atoms with Crippen LogP contribution >= 0.6 is 11.6 Å². The Bertz CT molecular complexity index is 468. The molecule has 0 aliphatic carbocycles. The molecule has 1 fully saturated rings. The van der Waals surface area contributed by atoms with E-state index in [1.165, 1.54) is 18.3 Å². The van der Waals surface area contributed by atoms with E-state index in [9.17, 15) is 9.59 Å². The Kier molecular flexibility index (Phi) is 4.04. The summed E-state index contributed by atoms with van der Waals surface area (Å²) in [5.74, 6) is 0.247. The fraction of sp³-hybridized carbons (Fsp3) is 0.500. The fourth-order valence-corrected chi connectivity index (χ4v) is 2.19. The minimum atomic E-state index is -0.222. The average Bonchev–Trinajstić information content (AvgIpc) is 2.38. The summed E-state index contributed by atoms with van der Waals surface area (Å²) in [6.45, 7) is 2.92. The largest absolute Gasteiger partial charge is 0.370 e. The number of H-pyrrole nitrogens is 1. The van der Waals surface area contributed by atoms with Crippen molar-refractivity contribution in [2.45, 2.75) is 19.1 Å². The van der Waals surface area contributed by atoms with Crippen molar-refractivity contribution in [3.8, 4) is 0 Å². The predicted molar refractivity (Wildman–Crippen MR) is 68.0 cm³/mol. The third kappa shape index (κ3) is 2.91. The van der Waals surface area contributed by atoms with Crippen LogP contribution in [0.15, 0.2) is 23.1 Å². The zero-order valence-electron chi connectivity index (χ0n) is 10.1. The second kappa shape index (κ2) is 5.54. The molecule has 0 saturated carbocycles. The molecule has 1 saturated heterocycles. The van der Waals surface area contributed by atoms with Crippen LogP contribution < -0.4 is 5.56 Å². The van der Waals surface area contributed by atoms with Gasteiger partial charge in [-0.25, -0.2) is 0 Å². The number of hydrogen-bond acceptors (Lipinski definition) is 3. The van der Waals surface area contributed by atoms with Gasteiger partial charge in [-0.3, -0.25) is 9.59 Å². The highest BCUT2D eigenvalue weighted by Crippen LogP contribution is 2.14. The standard InChI is InChI=1S/C12H15ClN2O3/c1-8-6-15(7-10(4-13)18-8)12(17)9-2-3-11(16)14-5-9/h2-3,5,8,10H,4,6-7H2,1H3,(H,14,16). The van der Waals surface area contributed by atoms with Crippen LogP contribution in [0.1, 0.15) is 17.3 Å². The van der Waals surface area contributed by atoms with Gasteiger partial charge in [0.2, 0.25) is 5.56 Å². The quantitative estimate of drug-likeness (QED) is 0.810. The lowest BCUT2D eigenvalue weighted by Crippen LogP contribution is -2.49. The van der Waals surface area contributed by atoms with Gasteiger partial charge < -0.3 is 14.6 Å². The Labute approximate surface area is 110 Å². The monoisotopic (exact) mass is 270 g/mol. The zero-order valence-corrected chi connectivity index (χ0v) is 10.8. The molecule has 0 spiro atoms. The van der Waals surface area contributed by atoms with E-state index in [1.54, 1.807) is 4.90 Å². The number of ether oxygens (including phenoxy) is 1. The highest BCUT2D eigenvalue weighted by Gasteiger charge is 2.28. The molecule has 2 rings (SSSR count). The Hall–Kier alpha value is -1.33. The van der Waals surface area contributed by atoms with Crippen molar-refractivity contribution in [3.63, 3.8) is 0 Å². The van der Waals surface area contributed by atoms with Crippen molar-refractivity contribution in [1.29, 1.82) is 0 Å². The topological polar surface area (TPSA) is 62.4 Å². The van der Waals surface area contributed by atoms with E-state index in [0.29, 0.717) is 24.5 Å². The number of nitrogens with one attached hydrogen (secondary N) is 1. The highest BCUT2D eigenvalue weighted by molar-refractivity contribution is 6.18. The second-order valence-corrected chi connectivity index (χ2v) is 4.68. The van der Waals surface area contributed by atoms with Crippen molar-refractivity contribution in [3.05, 3.63) is 34.2 Å². The number of morpholine rings is 1. The van der Waals surface area contributed by atoms with Gasteiger partial charge >= 0.3 is 0 Å². The lowest BCUT2D eigenvalue weighted by Gasteiger charge is -2.36. The normalized spacial score (nSPS) is 24.0. The fourth-order valence-electron chi connectivity index (χ4n) is 2.02. The number of nitrogens with zero attached hydrogens (tertiary/aromatic N) is 1. The molecule has 5 nitrogen and oxygen atoms in total. The Morgan fingerprint density at radius 1 is 1.56 bits per heavy atom. The van der Waals surface area contributed by atoms with Crippen LogP contribution in [0.5, 0.6) is 0 Å². The van der Waals surface area contributed by atoms with Crippen LogP contribution in [0.25, 0.3) is 0 Å². The summed E-state index contributed by atoms with van der Waals surface area (Å²) in [4.78, 5) is 27.4. The van der Waals surface area contributed by atoms with Crippen molar-refractivity contribution in [2.24, 2.45) is 0 Å². The molecule has 2 atom stereocenters. The van der Waals surface area contributed by atoms with E-state index in [0.717, 1.165) is 0 Å². The van der Waals surface area contributed by atoms with Crippen LogP contribution in [0, 0.1) is 0 Å². The Morgan fingerprint density at radius 3 is 2.94 bits per heavy atom. The molecule has 98 valence electrons. The van der Waals surface area contributed by atoms with Gasteiger partial charge in [0.15, 0.2) is 0 Å². The lowest BCUT2D eigenvalue weighted by molar-refractivity contribution is -0.0570. The molecule has 2 heterocycles. The summed E-state index contributed by atoms with van der Waals surface area (Å²) < 4.78 is 5.59. The SMILES string of the molecule is CC1CN(C(=O)c2ccc(=O)[nH]c2)CC(CCl)O1. The van der Waals surface area contributed by atoms with E-state index in [2.05, 4.69) is 4.98 Å². The summed E-state index contributed by atoms with van der Waals surface area (Å²) in [6.07, 6.45) is 1.26. The van der Waals surface area contributed by atoms with Gasteiger partial charge in [-0.2, -0.15) is 0 Å². The van der Waals surface area contributed by atoms with Crippen LogP contribution in [-0.4, -0.2) is 47.0 Å².